The third-order valence-electron chi connectivity index (χ3n) is 14.6. The smallest absolute Gasteiger partial charge is 0.303 e. The van der Waals surface area contributed by atoms with Gasteiger partial charge in [-0.15, -0.1) is 0 Å². The molecule has 7 aromatic carbocycles. The topological polar surface area (TPSA) is 163 Å². The molecule has 0 saturated carbocycles. The van der Waals surface area contributed by atoms with Crippen molar-refractivity contribution in [2.75, 3.05) is 19.8 Å². The van der Waals surface area contributed by atoms with Crippen molar-refractivity contribution in [3.63, 3.8) is 0 Å². The van der Waals surface area contributed by atoms with Gasteiger partial charge in [0.25, 0.3) is 0 Å². The highest BCUT2D eigenvalue weighted by molar-refractivity contribution is 5.66. The summed E-state index contributed by atoms with van der Waals surface area (Å²) in [7, 11) is 0. The van der Waals surface area contributed by atoms with Gasteiger partial charge in [-0.2, -0.15) is 0 Å². The molecule has 446 valence electrons. The molecule has 0 unspecified atom stereocenters. The maximum absolute atomic E-state index is 13.4. The van der Waals surface area contributed by atoms with Crippen molar-refractivity contribution in [1.82, 2.24) is 0 Å². The minimum atomic E-state index is -1.44. The molecule has 16 heteroatoms. The quantitative estimate of drug-likeness (QED) is 0.0391. The molecule has 3 aliphatic rings. The molecule has 0 amide bonds. The van der Waals surface area contributed by atoms with Gasteiger partial charge in [-0.05, 0) is 38.9 Å². The van der Waals surface area contributed by atoms with Gasteiger partial charge < -0.3 is 66.3 Å². The summed E-state index contributed by atoms with van der Waals surface area (Å²) in [4.78, 5) is 26.7. The Morgan fingerprint density at radius 2 is 0.529 bits per heavy atom. The number of rotatable bonds is 30. The molecule has 0 radical (unpaired) electrons. The lowest BCUT2D eigenvalue weighted by molar-refractivity contribution is -0.375. The zero-order valence-electron chi connectivity index (χ0n) is 47.8. The second kappa shape index (κ2) is 31.9. The van der Waals surface area contributed by atoms with Gasteiger partial charge in [0.2, 0.25) is 6.29 Å². The van der Waals surface area contributed by atoms with E-state index in [1.807, 2.05) is 212 Å². The number of carbonyl (C=O) groups is 2. The van der Waals surface area contributed by atoms with Crippen LogP contribution in [-0.4, -0.2) is 112 Å². The van der Waals surface area contributed by atoms with E-state index in [0.29, 0.717) is 0 Å². The normalized spacial score (nSPS) is 25.6. The Morgan fingerprint density at radius 3 is 0.812 bits per heavy atom. The zero-order chi connectivity index (χ0) is 58.4. The molecule has 3 saturated heterocycles. The first-order valence-corrected chi connectivity index (χ1v) is 28.9. The molecular weight excluding hydrogens is 1080 g/mol. The van der Waals surface area contributed by atoms with Crippen LogP contribution in [-0.2, 0) is 122 Å². The molecular formula is C69H74O16. The van der Waals surface area contributed by atoms with Crippen molar-refractivity contribution in [2.45, 2.75) is 140 Å². The predicted molar refractivity (Wildman–Crippen MR) is 311 cm³/mol. The molecule has 3 fully saturated rings. The van der Waals surface area contributed by atoms with Crippen molar-refractivity contribution in [2.24, 2.45) is 0 Å². The van der Waals surface area contributed by atoms with Crippen LogP contribution in [0, 0.1) is 0 Å². The first-order chi connectivity index (χ1) is 41.8. The second-order valence-corrected chi connectivity index (χ2v) is 21.1. The van der Waals surface area contributed by atoms with Crippen LogP contribution in [0.3, 0.4) is 0 Å². The number of hydrogen-bond acceptors (Lipinski definition) is 16. The van der Waals surface area contributed by atoms with Crippen LogP contribution in [0.25, 0.3) is 0 Å². The zero-order valence-corrected chi connectivity index (χ0v) is 47.8. The molecule has 0 aliphatic carbocycles. The van der Waals surface area contributed by atoms with Gasteiger partial charge >= 0.3 is 11.9 Å². The summed E-state index contributed by atoms with van der Waals surface area (Å²) in [5.74, 6) is -1.20. The van der Waals surface area contributed by atoms with E-state index in [0.717, 1.165) is 38.9 Å². The standard InChI is InChI=1S/C69H74O16/c1-48(70)79-64-61(76-42-54-32-18-7-19-33-54)58(46-73-39-51-26-12-4-13-27-51)81-67(64)84-66-63(78-44-56-36-22-9-23-37-56)60(75-41-53-30-16-6-17-31-53)57(45-72-38-50-24-10-3-11-25-50)82-69(66)85-68-65(80-49(2)71)62(77-43-55-34-20-8-21-35-55)59(83-68)47-74-40-52-28-14-5-15-29-52/h3-37,57-69H,38-47H2,1-2H3/t57-,58-,59-,60-,61+,62+,63+,64-,65-,66+,67+,68+,69+/m1/s1. The maximum atomic E-state index is 13.4. The minimum absolute atomic E-state index is 0.00395. The Kier molecular flexibility index (Phi) is 23.0. The van der Waals surface area contributed by atoms with Crippen molar-refractivity contribution in [3.05, 3.63) is 251 Å². The number of hydrogen-bond donors (Lipinski definition) is 0. The lowest BCUT2D eigenvalue weighted by Crippen LogP contribution is -2.63. The highest BCUT2D eigenvalue weighted by Crippen LogP contribution is 2.39. The Labute approximate surface area is 497 Å². The molecule has 3 aliphatic heterocycles. The van der Waals surface area contributed by atoms with E-state index < -0.39 is 91.8 Å². The Morgan fingerprint density at radius 1 is 0.294 bits per heavy atom. The van der Waals surface area contributed by atoms with E-state index in [9.17, 15) is 9.59 Å². The summed E-state index contributed by atoms with van der Waals surface area (Å²) in [6.45, 7) is 4.01. The largest absolute Gasteiger partial charge is 0.454 e. The third-order valence-corrected chi connectivity index (χ3v) is 14.6. The molecule has 3 heterocycles. The molecule has 0 aromatic heterocycles. The molecule has 85 heavy (non-hydrogen) atoms. The van der Waals surface area contributed by atoms with Crippen LogP contribution in [0.4, 0.5) is 0 Å². The van der Waals surface area contributed by atoms with E-state index in [2.05, 4.69) is 0 Å². The molecule has 13 atom stereocenters. The van der Waals surface area contributed by atoms with Crippen LogP contribution in [0.1, 0.15) is 52.8 Å². The van der Waals surface area contributed by atoms with Crippen LogP contribution >= 0.6 is 0 Å². The summed E-state index contributed by atoms with van der Waals surface area (Å²) in [5.41, 5.74) is 6.36. The molecule has 0 bridgehead atoms. The van der Waals surface area contributed by atoms with E-state index >= 15 is 0 Å². The lowest BCUT2D eigenvalue weighted by atomic mass is 9.97. The first-order valence-electron chi connectivity index (χ1n) is 28.9. The Balaban J connectivity index is 1.03. The van der Waals surface area contributed by atoms with Gasteiger partial charge in [0.05, 0.1) is 66.1 Å². The Hall–Kier alpha value is -7.00. The number of ether oxygens (including phenoxy) is 14. The van der Waals surface area contributed by atoms with Crippen LogP contribution in [0.2, 0.25) is 0 Å². The molecule has 16 nitrogen and oxygen atoms in total. The monoisotopic (exact) mass is 1160 g/mol. The van der Waals surface area contributed by atoms with Gasteiger partial charge in [0.1, 0.15) is 48.8 Å². The van der Waals surface area contributed by atoms with Crippen LogP contribution in [0.15, 0.2) is 212 Å². The fraction of sp³-hybridized carbons (Fsp3) is 0.362. The van der Waals surface area contributed by atoms with Crippen LogP contribution in [0.5, 0.6) is 0 Å². The van der Waals surface area contributed by atoms with E-state index in [1.54, 1.807) is 0 Å². The van der Waals surface area contributed by atoms with Gasteiger partial charge in [0, 0.05) is 13.8 Å². The summed E-state index contributed by atoms with van der Waals surface area (Å²) in [6, 6.07) is 68.1. The second-order valence-electron chi connectivity index (χ2n) is 21.1. The van der Waals surface area contributed by atoms with Crippen molar-refractivity contribution in [1.29, 1.82) is 0 Å². The minimum Gasteiger partial charge on any atom is -0.454 e. The van der Waals surface area contributed by atoms with Gasteiger partial charge in [-0.25, -0.2) is 0 Å². The summed E-state index contributed by atoms with van der Waals surface area (Å²) in [6.07, 6.45) is -14.2. The molecule has 0 N–H and O–H groups in total. The van der Waals surface area contributed by atoms with E-state index in [4.69, 9.17) is 66.3 Å². The molecule has 7 aromatic rings. The fourth-order valence-corrected chi connectivity index (χ4v) is 10.5. The maximum Gasteiger partial charge on any atom is 0.303 e. The summed E-state index contributed by atoms with van der Waals surface area (Å²) < 4.78 is 94.5. The van der Waals surface area contributed by atoms with Gasteiger partial charge in [-0.3, -0.25) is 9.59 Å². The number of esters is 2. The summed E-state index contributed by atoms with van der Waals surface area (Å²) in [5, 5.41) is 0. The summed E-state index contributed by atoms with van der Waals surface area (Å²) >= 11 is 0. The Bertz CT molecular complexity index is 3020. The predicted octanol–water partition coefficient (Wildman–Crippen LogP) is 10.4. The SMILES string of the molecule is CC(=O)O[C@H]1[C@H](O[C@@H]2O[C@H](COCc3ccccc3)[C@@H](OCc3ccccc3)[C@H](OCc3ccccc3)[C@@H]2O[C@@H]2O[C@H](COCc3ccccc3)[C@H](OCc3ccccc3)[C@H]2OC(C)=O)O[C@H](COCc2ccccc2)[C@@H]1OCc1ccccc1. The highest BCUT2D eigenvalue weighted by atomic mass is 16.8. The third kappa shape index (κ3) is 18.0. The van der Waals surface area contributed by atoms with Gasteiger partial charge in [0.15, 0.2) is 24.8 Å². The van der Waals surface area contributed by atoms with Crippen molar-refractivity contribution in [3.8, 4) is 0 Å². The number of benzene rings is 7. The fourth-order valence-electron chi connectivity index (χ4n) is 10.5. The average Bonchev–Trinajstić information content (AvgIpc) is 3.64. The van der Waals surface area contributed by atoms with Crippen molar-refractivity contribution >= 4 is 11.9 Å². The molecule has 0 spiro atoms. The lowest BCUT2D eigenvalue weighted by Gasteiger charge is -2.47. The van der Waals surface area contributed by atoms with E-state index in [-0.39, 0.29) is 66.1 Å². The van der Waals surface area contributed by atoms with Gasteiger partial charge in [-0.1, -0.05) is 212 Å². The van der Waals surface area contributed by atoms with Crippen LogP contribution < -0.4 is 0 Å². The highest BCUT2D eigenvalue weighted by Gasteiger charge is 2.57. The van der Waals surface area contributed by atoms with Crippen molar-refractivity contribution < 1.29 is 75.9 Å². The molecule has 10 rings (SSSR count). The first kappa shape index (κ1) is 61.1. The average molecular weight is 1160 g/mol. The van der Waals surface area contributed by atoms with E-state index in [1.165, 1.54) is 13.8 Å². The number of carbonyl (C=O) groups excluding carboxylic acids is 2.